The van der Waals surface area contributed by atoms with Crippen LogP contribution in [-0.2, 0) is 15.9 Å². The molecule has 0 aliphatic rings. The van der Waals surface area contributed by atoms with E-state index in [9.17, 15) is 0 Å². The fourth-order valence-electron chi connectivity index (χ4n) is 2.24. The second kappa shape index (κ2) is 7.06. The van der Waals surface area contributed by atoms with Gasteiger partial charge >= 0.3 is 0 Å². The van der Waals surface area contributed by atoms with Gasteiger partial charge in [-0.25, -0.2) is 9.97 Å². The summed E-state index contributed by atoms with van der Waals surface area (Å²) in [5.41, 5.74) is 15.0. The van der Waals surface area contributed by atoms with Crippen LogP contribution in [0.25, 0.3) is 0 Å². The standard InChI is InChI=1S/C15H21N5O2/c1-20(15(21-2)22-3)13-7-10(11(16)9-12(13)17)8-14-18-5-4-6-19-14/h4-7,9,15H,8,16-17H2,1-3H3. The molecule has 0 aliphatic carbocycles. The van der Waals surface area contributed by atoms with E-state index in [0.29, 0.717) is 23.6 Å². The zero-order valence-corrected chi connectivity index (χ0v) is 13.0. The number of ether oxygens (including phenoxy) is 2. The highest BCUT2D eigenvalue weighted by atomic mass is 16.7. The zero-order chi connectivity index (χ0) is 16.1. The Hall–Kier alpha value is -2.38. The molecule has 1 heterocycles. The number of anilines is 3. The maximum Gasteiger partial charge on any atom is 0.239 e. The lowest BCUT2D eigenvalue weighted by atomic mass is 10.1. The van der Waals surface area contributed by atoms with Gasteiger partial charge in [-0.3, -0.25) is 0 Å². The van der Waals surface area contributed by atoms with E-state index in [0.717, 1.165) is 11.3 Å². The second-order valence-electron chi connectivity index (χ2n) is 4.84. The molecule has 2 aromatic rings. The maximum absolute atomic E-state index is 6.07. The van der Waals surface area contributed by atoms with Gasteiger partial charge < -0.3 is 25.8 Å². The van der Waals surface area contributed by atoms with Crippen molar-refractivity contribution in [2.45, 2.75) is 12.8 Å². The van der Waals surface area contributed by atoms with Crippen molar-refractivity contribution in [1.29, 1.82) is 0 Å². The maximum atomic E-state index is 6.07. The molecule has 0 spiro atoms. The van der Waals surface area contributed by atoms with Gasteiger partial charge in [-0.2, -0.15) is 0 Å². The highest BCUT2D eigenvalue weighted by Gasteiger charge is 2.17. The van der Waals surface area contributed by atoms with Crippen LogP contribution in [0, 0.1) is 0 Å². The first kappa shape index (κ1) is 16.0. The molecule has 0 radical (unpaired) electrons. The number of hydrogen-bond donors (Lipinski definition) is 2. The number of hydrogen-bond acceptors (Lipinski definition) is 7. The molecule has 118 valence electrons. The first-order valence-corrected chi connectivity index (χ1v) is 6.79. The average Bonchev–Trinajstić information content (AvgIpc) is 2.52. The van der Waals surface area contributed by atoms with Crippen LogP contribution in [0.15, 0.2) is 30.6 Å². The Kier molecular flexibility index (Phi) is 5.13. The Morgan fingerprint density at radius 3 is 2.32 bits per heavy atom. The summed E-state index contributed by atoms with van der Waals surface area (Å²) in [5, 5.41) is 0. The molecule has 22 heavy (non-hydrogen) atoms. The molecular weight excluding hydrogens is 282 g/mol. The lowest BCUT2D eigenvalue weighted by Crippen LogP contribution is -2.35. The highest BCUT2D eigenvalue weighted by Crippen LogP contribution is 2.30. The summed E-state index contributed by atoms with van der Waals surface area (Å²) in [6.07, 6.45) is 3.40. The van der Waals surface area contributed by atoms with Crippen molar-refractivity contribution in [2.24, 2.45) is 0 Å². The Labute approximate surface area is 129 Å². The molecule has 0 fully saturated rings. The van der Waals surface area contributed by atoms with Gasteiger partial charge in [-0.1, -0.05) is 0 Å². The first-order chi connectivity index (χ1) is 10.6. The molecule has 2 rings (SSSR count). The molecule has 4 N–H and O–H groups in total. The molecule has 0 unspecified atom stereocenters. The van der Waals surface area contributed by atoms with Crippen LogP contribution in [0.4, 0.5) is 17.1 Å². The third kappa shape index (κ3) is 3.44. The molecule has 0 amide bonds. The molecule has 0 bridgehead atoms. The normalized spacial score (nSPS) is 10.9. The van der Waals surface area contributed by atoms with E-state index < -0.39 is 6.41 Å². The average molecular weight is 303 g/mol. The van der Waals surface area contributed by atoms with E-state index in [1.54, 1.807) is 43.6 Å². The molecular formula is C15H21N5O2. The number of nitrogen functional groups attached to an aromatic ring is 2. The molecule has 1 aromatic heterocycles. The minimum atomic E-state index is -0.535. The van der Waals surface area contributed by atoms with Crippen LogP contribution in [-0.4, -0.2) is 37.6 Å². The smallest absolute Gasteiger partial charge is 0.239 e. The SMILES string of the molecule is COC(OC)N(C)c1cc(Cc2ncccn2)c(N)cc1N. The third-order valence-electron chi connectivity index (χ3n) is 3.36. The fraction of sp³-hybridized carbons (Fsp3) is 0.333. The van der Waals surface area contributed by atoms with Gasteiger partial charge in [0.2, 0.25) is 6.41 Å². The monoisotopic (exact) mass is 303 g/mol. The molecule has 0 aliphatic heterocycles. The number of rotatable bonds is 6. The Morgan fingerprint density at radius 2 is 1.73 bits per heavy atom. The van der Waals surface area contributed by atoms with E-state index in [1.807, 2.05) is 13.1 Å². The topological polar surface area (TPSA) is 99.5 Å². The van der Waals surface area contributed by atoms with Gasteiger partial charge in [0.25, 0.3) is 0 Å². The quantitative estimate of drug-likeness (QED) is 0.612. The van der Waals surface area contributed by atoms with E-state index in [1.165, 1.54) is 0 Å². The molecule has 0 atom stereocenters. The van der Waals surface area contributed by atoms with Crippen LogP contribution in [0.1, 0.15) is 11.4 Å². The van der Waals surface area contributed by atoms with Crippen LogP contribution >= 0.6 is 0 Å². The Bertz CT molecular complexity index is 617. The Balaban J connectivity index is 2.34. The first-order valence-electron chi connectivity index (χ1n) is 6.79. The largest absolute Gasteiger partial charge is 0.398 e. The highest BCUT2D eigenvalue weighted by molar-refractivity contribution is 5.74. The molecule has 0 saturated heterocycles. The van der Waals surface area contributed by atoms with Gasteiger partial charge in [-0.15, -0.1) is 0 Å². The number of nitrogens with zero attached hydrogens (tertiary/aromatic N) is 3. The van der Waals surface area contributed by atoms with E-state index in [-0.39, 0.29) is 0 Å². The zero-order valence-electron chi connectivity index (χ0n) is 13.0. The van der Waals surface area contributed by atoms with Gasteiger partial charge in [0.05, 0.1) is 11.4 Å². The summed E-state index contributed by atoms with van der Waals surface area (Å²) in [6.45, 7) is 0. The van der Waals surface area contributed by atoms with Crippen molar-refractivity contribution < 1.29 is 9.47 Å². The molecule has 0 saturated carbocycles. The third-order valence-corrected chi connectivity index (χ3v) is 3.36. The molecule has 7 nitrogen and oxygen atoms in total. The minimum absolute atomic E-state index is 0.526. The predicted octanol–water partition coefficient (Wildman–Crippen LogP) is 1.24. The predicted molar refractivity (Wildman–Crippen MR) is 86.3 cm³/mol. The summed E-state index contributed by atoms with van der Waals surface area (Å²) in [5.74, 6) is 0.697. The van der Waals surface area contributed by atoms with Crippen molar-refractivity contribution >= 4 is 17.1 Å². The van der Waals surface area contributed by atoms with Gasteiger partial charge in [0.1, 0.15) is 5.82 Å². The van der Waals surface area contributed by atoms with E-state index >= 15 is 0 Å². The van der Waals surface area contributed by atoms with Crippen LogP contribution in [0.3, 0.4) is 0 Å². The van der Waals surface area contributed by atoms with Crippen LogP contribution < -0.4 is 16.4 Å². The summed E-state index contributed by atoms with van der Waals surface area (Å²) in [4.78, 5) is 10.2. The summed E-state index contributed by atoms with van der Waals surface area (Å²) in [6, 6.07) is 5.41. The Morgan fingerprint density at radius 1 is 1.09 bits per heavy atom. The van der Waals surface area contributed by atoms with Crippen molar-refractivity contribution in [3.63, 3.8) is 0 Å². The van der Waals surface area contributed by atoms with Crippen LogP contribution in [0.5, 0.6) is 0 Å². The summed E-state index contributed by atoms with van der Waals surface area (Å²) in [7, 11) is 4.97. The van der Waals surface area contributed by atoms with Crippen molar-refractivity contribution in [3.8, 4) is 0 Å². The summed E-state index contributed by atoms with van der Waals surface area (Å²) < 4.78 is 10.5. The number of benzene rings is 1. The van der Waals surface area contributed by atoms with Gasteiger partial charge in [0.15, 0.2) is 0 Å². The summed E-state index contributed by atoms with van der Waals surface area (Å²) >= 11 is 0. The van der Waals surface area contributed by atoms with E-state index in [4.69, 9.17) is 20.9 Å². The van der Waals surface area contributed by atoms with Crippen molar-refractivity contribution in [2.75, 3.05) is 37.6 Å². The lowest BCUT2D eigenvalue weighted by Gasteiger charge is -2.28. The molecule has 7 heteroatoms. The lowest BCUT2D eigenvalue weighted by molar-refractivity contribution is -0.0990. The number of nitrogens with two attached hydrogens (primary N) is 2. The van der Waals surface area contributed by atoms with Crippen molar-refractivity contribution in [1.82, 2.24) is 9.97 Å². The number of aromatic nitrogens is 2. The molecule has 1 aromatic carbocycles. The fourth-order valence-corrected chi connectivity index (χ4v) is 2.24. The number of methoxy groups -OCH3 is 2. The minimum Gasteiger partial charge on any atom is -0.398 e. The van der Waals surface area contributed by atoms with E-state index in [2.05, 4.69) is 9.97 Å². The van der Waals surface area contributed by atoms with Crippen molar-refractivity contribution in [3.05, 3.63) is 42.0 Å². The van der Waals surface area contributed by atoms with Gasteiger partial charge in [0, 0.05) is 45.8 Å². The second-order valence-corrected chi connectivity index (χ2v) is 4.84. The van der Waals surface area contributed by atoms with Gasteiger partial charge in [-0.05, 0) is 23.8 Å². The van der Waals surface area contributed by atoms with Crippen LogP contribution in [0.2, 0.25) is 0 Å².